The predicted octanol–water partition coefficient (Wildman–Crippen LogP) is 3.60. The molecule has 2 N–H and O–H groups in total. The Bertz CT molecular complexity index is 746. The molecular weight excluding hydrogens is 298 g/mol. The van der Waals surface area contributed by atoms with Gasteiger partial charge in [-0.1, -0.05) is 23.5 Å². The summed E-state index contributed by atoms with van der Waals surface area (Å²) in [4.78, 5) is 13.6. The van der Waals surface area contributed by atoms with Gasteiger partial charge in [-0.25, -0.2) is 9.97 Å². The van der Waals surface area contributed by atoms with Gasteiger partial charge in [0.25, 0.3) is 6.01 Å². The van der Waals surface area contributed by atoms with Crippen LogP contribution in [-0.4, -0.2) is 29.0 Å². The number of anilines is 2. The van der Waals surface area contributed by atoms with Crippen LogP contribution in [0.2, 0.25) is 0 Å². The smallest absolute Gasteiger partial charge is 0.295 e. The fourth-order valence-electron chi connectivity index (χ4n) is 1.86. The van der Waals surface area contributed by atoms with E-state index in [1.807, 2.05) is 43.4 Å². The second kappa shape index (κ2) is 6.40. The van der Waals surface area contributed by atoms with Gasteiger partial charge in [-0.05, 0) is 24.3 Å². The van der Waals surface area contributed by atoms with Gasteiger partial charge in [0.15, 0.2) is 10.7 Å². The lowest BCUT2D eigenvalue weighted by atomic mass is 10.3. The standard InChI is InChI=1S/C8H8N2O.C7H7N3S/c1-9-8-10-6-4-2-3-5-7(6)11-8;1-8-7-10-5-3-2-4-9-6(5)11-7/h2-5H,1H3,(H,9,10);2-4H,1H3,(H,8,10). The number of pyridine rings is 1. The summed E-state index contributed by atoms with van der Waals surface area (Å²) in [5.74, 6) is 0. The summed E-state index contributed by atoms with van der Waals surface area (Å²) in [5, 5.41) is 6.74. The number of hydrogen-bond donors (Lipinski definition) is 2. The molecule has 3 aromatic heterocycles. The molecule has 0 aliphatic carbocycles. The molecule has 4 rings (SSSR count). The summed E-state index contributed by atoms with van der Waals surface area (Å²) in [6, 6.07) is 12.1. The van der Waals surface area contributed by atoms with Crippen LogP contribution in [0, 0.1) is 0 Å². The Morgan fingerprint density at radius 2 is 1.77 bits per heavy atom. The maximum Gasteiger partial charge on any atom is 0.295 e. The Morgan fingerprint density at radius 3 is 2.50 bits per heavy atom. The van der Waals surface area contributed by atoms with Gasteiger partial charge >= 0.3 is 0 Å². The average Bonchev–Trinajstić information content (AvgIpc) is 3.18. The minimum atomic E-state index is 0.561. The molecule has 0 spiro atoms. The summed E-state index contributed by atoms with van der Waals surface area (Å²) >= 11 is 1.56. The van der Waals surface area contributed by atoms with Crippen LogP contribution in [-0.2, 0) is 0 Å². The van der Waals surface area contributed by atoms with Crippen molar-refractivity contribution in [2.45, 2.75) is 0 Å². The zero-order valence-electron chi connectivity index (χ0n) is 12.2. The molecule has 1 aromatic carbocycles. The molecule has 0 aliphatic heterocycles. The zero-order valence-corrected chi connectivity index (χ0v) is 13.0. The number of fused-ring (bicyclic) bond motifs is 2. The topological polar surface area (TPSA) is 75.9 Å². The van der Waals surface area contributed by atoms with Gasteiger partial charge in [-0.3, -0.25) is 0 Å². The van der Waals surface area contributed by atoms with E-state index in [2.05, 4.69) is 25.6 Å². The molecule has 0 saturated heterocycles. The first kappa shape index (κ1) is 14.3. The van der Waals surface area contributed by atoms with Crippen LogP contribution in [0.15, 0.2) is 47.0 Å². The number of hydrogen-bond acceptors (Lipinski definition) is 7. The molecule has 6 nitrogen and oxygen atoms in total. The van der Waals surface area contributed by atoms with E-state index in [4.69, 9.17) is 4.42 Å². The van der Waals surface area contributed by atoms with Crippen molar-refractivity contribution >= 4 is 43.9 Å². The molecule has 22 heavy (non-hydrogen) atoms. The second-order valence-electron chi connectivity index (χ2n) is 4.33. The number of para-hydroxylation sites is 2. The molecule has 0 bridgehead atoms. The Morgan fingerprint density at radius 1 is 0.955 bits per heavy atom. The van der Waals surface area contributed by atoms with E-state index in [0.29, 0.717) is 6.01 Å². The highest BCUT2D eigenvalue weighted by atomic mass is 32.1. The fourth-order valence-corrected chi connectivity index (χ4v) is 2.62. The third kappa shape index (κ3) is 2.99. The lowest BCUT2D eigenvalue weighted by Gasteiger charge is -1.84. The van der Waals surface area contributed by atoms with Crippen molar-refractivity contribution in [1.29, 1.82) is 0 Å². The molecule has 0 amide bonds. The maximum atomic E-state index is 5.29. The lowest BCUT2D eigenvalue weighted by Crippen LogP contribution is -1.85. The normalized spacial score (nSPS) is 10.3. The third-order valence-electron chi connectivity index (χ3n) is 2.89. The van der Waals surface area contributed by atoms with Gasteiger partial charge < -0.3 is 15.1 Å². The van der Waals surface area contributed by atoms with Crippen molar-refractivity contribution in [1.82, 2.24) is 15.0 Å². The third-order valence-corrected chi connectivity index (χ3v) is 3.88. The largest absolute Gasteiger partial charge is 0.424 e. The van der Waals surface area contributed by atoms with E-state index in [1.54, 1.807) is 24.6 Å². The Hall–Kier alpha value is -2.67. The van der Waals surface area contributed by atoms with Gasteiger partial charge in [0.1, 0.15) is 15.9 Å². The minimum absolute atomic E-state index is 0.561. The van der Waals surface area contributed by atoms with Gasteiger partial charge in [-0.2, -0.15) is 4.98 Å². The molecular formula is C15H15N5OS. The van der Waals surface area contributed by atoms with Crippen LogP contribution in [0.25, 0.3) is 21.4 Å². The number of nitrogens with one attached hydrogen (secondary N) is 2. The van der Waals surface area contributed by atoms with Gasteiger partial charge in [-0.15, -0.1) is 0 Å². The first-order valence-corrected chi connectivity index (χ1v) is 7.54. The van der Waals surface area contributed by atoms with Crippen LogP contribution in [0.1, 0.15) is 0 Å². The molecule has 4 aromatic rings. The summed E-state index contributed by atoms with van der Waals surface area (Å²) < 4.78 is 5.29. The number of nitrogens with zero attached hydrogens (tertiary/aromatic N) is 3. The molecule has 0 radical (unpaired) electrons. The van der Waals surface area contributed by atoms with Crippen molar-refractivity contribution in [3.63, 3.8) is 0 Å². The summed E-state index contributed by atoms with van der Waals surface area (Å²) in [6.45, 7) is 0. The van der Waals surface area contributed by atoms with Crippen LogP contribution >= 0.6 is 11.3 Å². The number of benzene rings is 1. The van der Waals surface area contributed by atoms with E-state index in [1.165, 1.54) is 0 Å². The van der Waals surface area contributed by atoms with Crippen molar-refractivity contribution in [2.75, 3.05) is 24.7 Å². The highest BCUT2D eigenvalue weighted by Gasteiger charge is 2.01. The Labute approximate surface area is 131 Å². The van der Waals surface area contributed by atoms with Crippen molar-refractivity contribution in [3.05, 3.63) is 42.6 Å². The molecule has 0 saturated carbocycles. The quantitative estimate of drug-likeness (QED) is 0.589. The van der Waals surface area contributed by atoms with Crippen molar-refractivity contribution < 1.29 is 4.42 Å². The molecule has 0 unspecified atom stereocenters. The second-order valence-corrected chi connectivity index (χ2v) is 5.31. The lowest BCUT2D eigenvalue weighted by molar-refractivity contribution is 0.620. The number of rotatable bonds is 2. The van der Waals surface area contributed by atoms with Gasteiger partial charge in [0, 0.05) is 20.3 Å². The van der Waals surface area contributed by atoms with Gasteiger partial charge in [0.05, 0.1) is 0 Å². The number of oxazole rings is 1. The average molecular weight is 313 g/mol. The molecule has 112 valence electrons. The summed E-state index contributed by atoms with van der Waals surface area (Å²) in [5.41, 5.74) is 2.66. The SMILES string of the molecule is CNc1nc2ccccc2o1.CNc1nc2cccnc2s1. The van der Waals surface area contributed by atoms with E-state index in [-0.39, 0.29) is 0 Å². The summed E-state index contributed by atoms with van der Waals surface area (Å²) in [7, 11) is 3.64. The number of aromatic nitrogens is 3. The van der Waals surface area contributed by atoms with Crippen LogP contribution in [0.3, 0.4) is 0 Å². The Balaban J connectivity index is 0.000000131. The highest BCUT2D eigenvalue weighted by molar-refractivity contribution is 7.21. The number of thiazole rings is 1. The molecule has 7 heteroatoms. The first-order valence-electron chi connectivity index (χ1n) is 6.73. The monoisotopic (exact) mass is 313 g/mol. The summed E-state index contributed by atoms with van der Waals surface area (Å²) in [6.07, 6.45) is 1.78. The van der Waals surface area contributed by atoms with Crippen LogP contribution < -0.4 is 10.6 Å². The van der Waals surface area contributed by atoms with Crippen LogP contribution in [0.5, 0.6) is 0 Å². The van der Waals surface area contributed by atoms with Crippen molar-refractivity contribution in [2.24, 2.45) is 0 Å². The minimum Gasteiger partial charge on any atom is -0.424 e. The van der Waals surface area contributed by atoms with E-state index < -0.39 is 0 Å². The van der Waals surface area contributed by atoms with E-state index in [9.17, 15) is 0 Å². The van der Waals surface area contributed by atoms with Crippen molar-refractivity contribution in [3.8, 4) is 0 Å². The highest BCUT2D eigenvalue weighted by Crippen LogP contribution is 2.22. The molecule has 0 aliphatic rings. The van der Waals surface area contributed by atoms with Gasteiger partial charge in [0.2, 0.25) is 0 Å². The molecule has 3 heterocycles. The maximum absolute atomic E-state index is 5.29. The Kier molecular flexibility index (Phi) is 4.15. The molecule has 0 fully saturated rings. The zero-order chi connectivity index (χ0) is 15.4. The fraction of sp³-hybridized carbons (Fsp3) is 0.133. The predicted molar refractivity (Wildman–Crippen MR) is 90.5 cm³/mol. The van der Waals surface area contributed by atoms with E-state index >= 15 is 0 Å². The van der Waals surface area contributed by atoms with E-state index in [0.717, 1.165) is 26.6 Å². The van der Waals surface area contributed by atoms with Crippen LogP contribution in [0.4, 0.5) is 11.1 Å². The first-order chi connectivity index (χ1) is 10.8. The molecule has 0 atom stereocenters.